The van der Waals surface area contributed by atoms with E-state index in [1.807, 2.05) is 0 Å². The van der Waals surface area contributed by atoms with Gasteiger partial charge in [-0.1, -0.05) is 45.8 Å². The Kier molecular flexibility index (Phi) is 2.87. The van der Waals surface area contributed by atoms with Crippen LogP contribution in [0, 0.1) is 0 Å². The van der Waals surface area contributed by atoms with E-state index in [4.69, 9.17) is 0 Å². The van der Waals surface area contributed by atoms with E-state index in [1.54, 1.807) is 0 Å². The minimum absolute atomic E-state index is 1.14. The highest BCUT2D eigenvalue weighted by atomic mass is 79.9. The lowest BCUT2D eigenvalue weighted by Crippen LogP contribution is -1.90. The second-order valence-corrected chi connectivity index (χ2v) is 4.63. The van der Waals surface area contributed by atoms with Gasteiger partial charge in [0.25, 0.3) is 0 Å². The van der Waals surface area contributed by atoms with Crippen molar-refractivity contribution in [2.24, 2.45) is 0 Å². The Morgan fingerprint density at radius 1 is 1.00 bits per heavy atom. The van der Waals surface area contributed by atoms with Crippen molar-refractivity contribution in [3.05, 3.63) is 52.0 Å². The summed E-state index contributed by atoms with van der Waals surface area (Å²) in [5.41, 5.74) is 4.27. The molecule has 2 rings (SSSR count). The van der Waals surface area contributed by atoms with Gasteiger partial charge in [-0.05, 0) is 43.0 Å². The van der Waals surface area contributed by atoms with Crippen LogP contribution in [0.4, 0.5) is 0 Å². The maximum Gasteiger partial charge on any atom is 0.0175 e. The summed E-state index contributed by atoms with van der Waals surface area (Å²) in [7, 11) is 0. The van der Waals surface area contributed by atoms with Crippen LogP contribution >= 0.6 is 15.9 Å². The number of benzene rings is 1. The van der Waals surface area contributed by atoms with E-state index in [0.29, 0.717) is 0 Å². The molecule has 0 aromatic heterocycles. The lowest BCUT2D eigenvalue weighted by molar-refractivity contribution is 0.977. The van der Waals surface area contributed by atoms with Crippen LogP contribution in [-0.4, -0.2) is 0 Å². The molecule has 14 heavy (non-hydrogen) atoms. The Bertz CT molecular complexity index is 382. The summed E-state index contributed by atoms with van der Waals surface area (Å²) in [6.45, 7) is 2.19. The van der Waals surface area contributed by atoms with Crippen LogP contribution in [-0.2, 0) is 0 Å². The fourth-order valence-electron chi connectivity index (χ4n) is 1.65. The van der Waals surface area contributed by atoms with Crippen LogP contribution in [0.15, 0.2) is 46.5 Å². The van der Waals surface area contributed by atoms with Crippen LogP contribution in [0.1, 0.15) is 25.3 Å². The topological polar surface area (TPSA) is 0 Å². The van der Waals surface area contributed by atoms with Crippen molar-refractivity contribution in [3.63, 3.8) is 0 Å². The normalized spacial score (nSPS) is 16.1. The molecule has 0 heterocycles. The number of hydrogen-bond acceptors (Lipinski definition) is 0. The van der Waals surface area contributed by atoms with Crippen molar-refractivity contribution < 1.29 is 0 Å². The largest absolute Gasteiger partial charge is 0.0730 e. The van der Waals surface area contributed by atoms with Crippen molar-refractivity contribution >= 4 is 21.5 Å². The van der Waals surface area contributed by atoms with Crippen LogP contribution in [0.3, 0.4) is 0 Å². The third-order valence-corrected chi connectivity index (χ3v) is 3.10. The van der Waals surface area contributed by atoms with Gasteiger partial charge in [-0.3, -0.25) is 0 Å². The van der Waals surface area contributed by atoms with Gasteiger partial charge >= 0.3 is 0 Å². The molecule has 0 unspecified atom stereocenters. The molecule has 0 saturated carbocycles. The van der Waals surface area contributed by atoms with E-state index in [-0.39, 0.29) is 0 Å². The summed E-state index contributed by atoms with van der Waals surface area (Å²) in [5, 5.41) is 0. The Morgan fingerprint density at radius 2 is 1.71 bits per heavy atom. The minimum atomic E-state index is 1.14. The summed E-state index contributed by atoms with van der Waals surface area (Å²) in [6, 6.07) is 8.54. The summed E-state index contributed by atoms with van der Waals surface area (Å²) in [6.07, 6.45) is 6.83. The van der Waals surface area contributed by atoms with Crippen LogP contribution in [0.5, 0.6) is 0 Å². The zero-order chi connectivity index (χ0) is 9.97. The Labute approximate surface area is 93.5 Å². The lowest BCUT2D eigenvalue weighted by Gasteiger charge is -2.12. The average molecular weight is 249 g/mol. The third kappa shape index (κ3) is 2.16. The van der Waals surface area contributed by atoms with Crippen LogP contribution in [0.25, 0.3) is 5.57 Å². The van der Waals surface area contributed by atoms with Gasteiger partial charge in [0.05, 0.1) is 0 Å². The molecule has 0 amide bonds. The zero-order valence-corrected chi connectivity index (χ0v) is 9.84. The molecular weight excluding hydrogens is 236 g/mol. The summed E-state index contributed by atoms with van der Waals surface area (Å²) in [5.74, 6) is 0. The van der Waals surface area contributed by atoms with Gasteiger partial charge in [0.15, 0.2) is 0 Å². The molecule has 1 aliphatic carbocycles. The van der Waals surface area contributed by atoms with Gasteiger partial charge in [0.1, 0.15) is 0 Å². The first-order valence-corrected chi connectivity index (χ1v) is 5.67. The molecule has 0 aliphatic heterocycles. The Balaban J connectivity index is 2.28. The van der Waals surface area contributed by atoms with E-state index in [0.717, 1.165) is 4.47 Å². The van der Waals surface area contributed by atoms with Crippen molar-refractivity contribution in [3.8, 4) is 0 Å². The molecule has 1 aromatic carbocycles. The smallest absolute Gasteiger partial charge is 0.0175 e. The predicted molar refractivity (Wildman–Crippen MR) is 65.1 cm³/mol. The van der Waals surface area contributed by atoms with E-state index in [2.05, 4.69) is 59.3 Å². The fourth-order valence-corrected chi connectivity index (χ4v) is 1.91. The molecule has 1 heteroatoms. The molecule has 1 aliphatic rings. The number of rotatable bonds is 1. The van der Waals surface area contributed by atoms with Gasteiger partial charge in [0.2, 0.25) is 0 Å². The van der Waals surface area contributed by atoms with E-state index in [1.165, 1.54) is 29.6 Å². The fraction of sp³-hybridized carbons (Fsp3) is 0.231. The second-order valence-electron chi connectivity index (χ2n) is 3.71. The standard InChI is InChI=1S/C13H13Br/c1-10-2-4-11(5-3-10)12-6-8-13(14)9-7-12/h2,4,6-9H,3,5H2,1H3. The molecule has 72 valence electrons. The quantitative estimate of drug-likeness (QED) is 0.683. The van der Waals surface area contributed by atoms with E-state index in [9.17, 15) is 0 Å². The van der Waals surface area contributed by atoms with Gasteiger partial charge in [-0.2, -0.15) is 0 Å². The Morgan fingerprint density at radius 3 is 2.29 bits per heavy atom. The molecule has 0 fully saturated rings. The van der Waals surface area contributed by atoms with Crippen molar-refractivity contribution in [2.75, 3.05) is 0 Å². The molecule has 0 bridgehead atoms. The van der Waals surface area contributed by atoms with E-state index >= 15 is 0 Å². The van der Waals surface area contributed by atoms with Gasteiger partial charge in [0, 0.05) is 4.47 Å². The minimum Gasteiger partial charge on any atom is -0.0730 e. The summed E-state index contributed by atoms with van der Waals surface area (Å²) >= 11 is 3.45. The molecule has 1 aromatic rings. The number of halogens is 1. The van der Waals surface area contributed by atoms with Gasteiger partial charge < -0.3 is 0 Å². The SMILES string of the molecule is CC1=CC=C(c2ccc(Br)cc2)CC1. The highest BCUT2D eigenvalue weighted by Gasteiger charge is 2.05. The maximum atomic E-state index is 3.45. The highest BCUT2D eigenvalue weighted by molar-refractivity contribution is 9.10. The van der Waals surface area contributed by atoms with Gasteiger partial charge in [-0.15, -0.1) is 0 Å². The third-order valence-electron chi connectivity index (χ3n) is 2.57. The number of allylic oxidation sites excluding steroid dienone is 4. The first-order chi connectivity index (χ1) is 6.75. The zero-order valence-electron chi connectivity index (χ0n) is 8.26. The lowest BCUT2D eigenvalue weighted by atomic mass is 9.94. The molecule has 0 N–H and O–H groups in total. The first kappa shape index (κ1) is 9.72. The predicted octanol–water partition coefficient (Wildman–Crippen LogP) is 4.57. The highest BCUT2D eigenvalue weighted by Crippen LogP contribution is 2.27. The first-order valence-electron chi connectivity index (χ1n) is 4.88. The second kappa shape index (κ2) is 4.14. The molecule has 0 radical (unpaired) electrons. The van der Waals surface area contributed by atoms with E-state index < -0.39 is 0 Å². The number of hydrogen-bond donors (Lipinski definition) is 0. The van der Waals surface area contributed by atoms with Crippen molar-refractivity contribution in [1.29, 1.82) is 0 Å². The Hall–Kier alpha value is -0.820. The molecular formula is C13H13Br. The monoisotopic (exact) mass is 248 g/mol. The maximum absolute atomic E-state index is 3.45. The van der Waals surface area contributed by atoms with Gasteiger partial charge in [-0.25, -0.2) is 0 Å². The van der Waals surface area contributed by atoms with Crippen molar-refractivity contribution in [1.82, 2.24) is 0 Å². The van der Waals surface area contributed by atoms with Crippen molar-refractivity contribution in [2.45, 2.75) is 19.8 Å². The summed E-state index contributed by atoms with van der Waals surface area (Å²) in [4.78, 5) is 0. The molecule has 0 atom stereocenters. The summed E-state index contributed by atoms with van der Waals surface area (Å²) < 4.78 is 1.14. The molecule has 0 spiro atoms. The average Bonchev–Trinajstić information content (AvgIpc) is 2.21. The molecule has 0 nitrogen and oxygen atoms in total. The van der Waals surface area contributed by atoms with Crippen LogP contribution in [0.2, 0.25) is 0 Å². The van der Waals surface area contributed by atoms with Crippen LogP contribution < -0.4 is 0 Å². The molecule has 0 saturated heterocycles.